The predicted molar refractivity (Wildman–Crippen MR) is 76.2 cm³/mol. The van der Waals surface area contributed by atoms with E-state index in [2.05, 4.69) is 5.32 Å². The third-order valence-electron chi connectivity index (χ3n) is 2.77. The van der Waals surface area contributed by atoms with Gasteiger partial charge in [-0.05, 0) is 36.5 Å². The first kappa shape index (κ1) is 13.8. The van der Waals surface area contributed by atoms with Gasteiger partial charge in [-0.1, -0.05) is 35.3 Å². The fraction of sp³-hybridized carbons (Fsp3) is 0.231. The SMILES string of the molecule is CNC(Cc1cccc(F)c1Cl)c1sccc1Cl. The van der Waals surface area contributed by atoms with Crippen molar-refractivity contribution in [2.75, 3.05) is 7.05 Å². The minimum atomic E-state index is -0.388. The highest BCUT2D eigenvalue weighted by Crippen LogP contribution is 2.32. The lowest BCUT2D eigenvalue weighted by Crippen LogP contribution is -2.18. The second kappa shape index (κ2) is 6.02. The van der Waals surface area contributed by atoms with E-state index in [9.17, 15) is 4.39 Å². The van der Waals surface area contributed by atoms with E-state index < -0.39 is 0 Å². The fourth-order valence-corrected chi connectivity index (χ4v) is 3.31. The smallest absolute Gasteiger partial charge is 0.142 e. The van der Waals surface area contributed by atoms with Gasteiger partial charge in [0.1, 0.15) is 5.82 Å². The zero-order valence-electron chi connectivity index (χ0n) is 9.71. The largest absolute Gasteiger partial charge is 0.312 e. The van der Waals surface area contributed by atoms with Crippen LogP contribution < -0.4 is 5.32 Å². The van der Waals surface area contributed by atoms with E-state index in [-0.39, 0.29) is 16.9 Å². The summed E-state index contributed by atoms with van der Waals surface area (Å²) in [6, 6.07) is 6.75. The molecule has 1 aromatic heterocycles. The van der Waals surface area contributed by atoms with Gasteiger partial charge in [0.2, 0.25) is 0 Å². The van der Waals surface area contributed by atoms with Crippen LogP contribution in [-0.2, 0) is 6.42 Å². The Morgan fingerprint density at radius 3 is 2.72 bits per heavy atom. The molecule has 1 nitrogen and oxygen atoms in total. The predicted octanol–water partition coefficient (Wildman–Crippen LogP) is 4.70. The zero-order valence-corrected chi connectivity index (χ0v) is 12.0. The van der Waals surface area contributed by atoms with Crippen LogP contribution in [0.3, 0.4) is 0 Å². The third-order valence-corrected chi connectivity index (χ3v) is 4.66. The summed E-state index contributed by atoms with van der Waals surface area (Å²) < 4.78 is 13.4. The molecule has 0 bridgehead atoms. The number of nitrogens with one attached hydrogen (secondary N) is 1. The average molecular weight is 304 g/mol. The maximum absolute atomic E-state index is 13.4. The zero-order chi connectivity index (χ0) is 13.1. The van der Waals surface area contributed by atoms with Gasteiger partial charge in [-0.2, -0.15) is 0 Å². The molecule has 2 rings (SSSR count). The number of likely N-dealkylation sites (N-methyl/N-ethyl adjacent to an activating group) is 1. The Bertz CT molecular complexity index is 542. The van der Waals surface area contributed by atoms with Crippen molar-refractivity contribution < 1.29 is 4.39 Å². The molecule has 18 heavy (non-hydrogen) atoms. The van der Waals surface area contributed by atoms with Crippen molar-refractivity contribution in [2.45, 2.75) is 12.5 Å². The molecule has 0 radical (unpaired) electrons. The molecular weight excluding hydrogens is 292 g/mol. The van der Waals surface area contributed by atoms with Gasteiger partial charge in [0.25, 0.3) is 0 Å². The van der Waals surface area contributed by atoms with Gasteiger partial charge in [0.05, 0.1) is 10.0 Å². The Morgan fingerprint density at radius 1 is 1.33 bits per heavy atom. The van der Waals surface area contributed by atoms with Crippen LogP contribution in [0.15, 0.2) is 29.6 Å². The van der Waals surface area contributed by atoms with Gasteiger partial charge in [-0.3, -0.25) is 0 Å². The van der Waals surface area contributed by atoms with Gasteiger partial charge in [0.15, 0.2) is 0 Å². The van der Waals surface area contributed by atoms with Crippen molar-refractivity contribution in [1.82, 2.24) is 5.32 Å². The molecule has 1 aromatic carbocycles. The van der Waals surface area contributed by atoms with Crippen molar-refractivity contribution in [3.8, 4) is 0 Å². The number of thiophene rings is 1. The first-order chi connectivity index (χ1) is 8.63. The summed E-state index contributed by atoms with van der Waals surface area (Å²) in [6.07, 6.45) is 0.604. The van der Waals surface area contributed by atoms with E-state index in [1.165, 1.54) is 6.07 Å². The monoisotopic (exact) mass is 303 g/mol. The number of benzene rings is 1. The molecule has 1 atom stereocenters. The number of halogens is 3. The molecular formula is C13H12Cl2FNS. The summed E-state index contributed by atoms with van der Waals surface area (Å²) in [5.41, 5.74) is 0.778. The first-order valence-electron chi connectivity index (χ1n) is 5.46. The van der Waals surface area contributed by atoms with Crippen LogP contribution in [0.1, 0.15) is 16.5 Å². The second-order valence-electron chi connectivity index (χ2n) is 3.89. The lowest BCUT2D eigenvalue weighted by molar-refractivity contribution is 0.592. The van der Waals surface area contributed by atoms with E-state index in [1.54, 1.807) is 17.4 Å². The molecule has 0 saturated heterocycles. The maximum Gasteiger partial charge on any atom is 0.142 e. The van der Waals surface area contributed by atoms with Crippen molar-refractivity contribution in [3.63, 3.8) is 0 Å². The van der Waals surface area contributed by atoms with E-state index in [1.807, 2.05) is 24.6 Å². The normalized spacial score (nSPS) is 12.7. The van der Waals surface area contributed by atoms with Crippen molar-refractivity contribution in [2.24, 2.45) is 0 Å². The van der Waals surface area contributed by atoms with E-state index >= 15 is 0 Å². The van der Waals surface area contributed by atoms with Gasteiger partial charge >= 0.3 is 0 Å². The summed E-state index contributed by atoms with van der Waals surface area (Å²) in [5, 5.41) is 6.04. The highest BCUT2D eigenvalue weighted by atomic mass is 35.5. The summed E-state index contributed by atoms with van der Waals surface area (Å²) in [4.78, 5) is 1.04. The van der Waals surface area contributed by atoms with Crippen molar-refractivity contribution in [3.05, 3.63) is 55.9 Å². The fourth-order valence-electron chi connectivity index (χ4n) is 1.81. The van der Waals surface area contributed by atoms with E-state index in [4.69, 9.17) is 23.2 Å². The van der Waals surface area contributed by atoms with Crippen LogP contribution in [0.5, 0.6) is 0 Å². The number of rotatable bonds is 4. The van der Waals surface area contributed by atoms with Crippen LogP contribution in [-0.4, -0.2) is 7.05 Å². The van der Waals surface area contributed by atoms with E-state index in [0.717, 1.165) is 15.5 Å². The van der Waals surface area contributed by atoms with Crippen LogP contribution in [0.4, 0.5) is 4.39 Å². The first-order valence-corrected chi connectivity index (χ1v) is 7.10. The minimum Gasteiger partial charge on any atom is -0.312 e. The second-order valence-corrected chi connectivity index (χ2v) is 5.62. The Balaban J connectivity index is 2.26. The van der Waals surface area contributed by atoms with Crippen molar-refractivity contribution in [1.29, 1.82) is 0 Å². The molecule has 0 amide bonds. The Kier molecular flexibility index (Phi) is 4.62. The third kappa shape index (κ3) is 2.86. The molecule has 0 saturated carbocycles. The molecule has 0 aliphatic carbocycles. The van der Waals surface area contributed by atoms with Gasteiger partial charge in [0, 0.05) is 10.9 Å². The van der Waals surface area contributed by atoms with Gasteiger partial charge in [-0.25, -0.2) is 4.39 Å². The summed E-state index contributed by atoms with van der Waals surface area (Å²) in [6.45, 7) is 0. The molecule has 0 spiro atoms. The van der Waals surface area contributed by atoms with Gasteiger partial charge in [-0.15, -0.1) is 11.3 Å². The summed E-state index contributed by atoms with van der Waals surface area (Å²) in [5.74, 6) is -0.388. The Labute approximate surface area is 120 Å². The highest BCUT2D eigenvalue weighted by Gasteiger charge is 2.17. The van der Waals surface area contributed by atoms with Gasteiger partial charge < -0.3 is 5.32 Å². The molecule has 2 aromatic rings. The molecule has 1 N–H and O–H groups in total. The summed E-state index contributed by atoms with van der Waals surface area (Å²) >= 11 is 13.7. The van der Waals surface area contributed by atoms with Crippen LogP contribution >= 0.6 is 34.5 Å². The minimum absolute atomic E-state index is 0.0387. The van der Waals surface area contributed by atoms with Crippen molar-refractivity contribution >= 4 is 34.5 Å². The molecule has 1 unspecified atom stereocenters. The molecule has 96 valence electrons. The number of hydrogen-bond donors (Lipinski definition) is 1. The molecule has 1 heterocycles. The highest BCUT2D eigenvalue weighted by molar-refractivity contribution is 7.10. The molecule has 0 aliphatic rings. The summed E-state index contributed by atoms with van der Waals surface area (Å²) in [7, 11) is 1.86. The van der Waals surface area contributed by atoms with Crippen LogP contribution in [0.2, 0.25) is 10.0 Å². The lowest BCUT2D eigenvalue weighted by atomic mass is 10.0. The molecule has 5 heteroatoms. The number of hydrogen-bond acceptors (Lipinski definition) is 2. The standard InChI is InChI=1S/C13H12Cl2FNS/c1-17-11(13-9(14)5-6-18-13)7-8-3-2-4-10(16)12(8)15/h2-6,11,17H,7H2,1H3. The maximum atomic E-state index is 13.4. The van der Waals surface area contributed by atoms with Crippen LogP contribution in [0, 0.1) is 5.82 Å². The quantitative estimate of drug-likeness (QED) is 0.863. The average Bonchev–Trinajstić information content (AvgIpc) is 2.77. The molecule has 0 fully saturated rings. The Morgan fingerprint density at radius 2 is 2.11 bits per heavy atom. The molecule has 0 aliphatic heterocycles. The van der Waals surface area contributed by atoms with Crippen LogP contribution in [0.25, 0.3) is 0 Å². The van der Waals surface area contributed by atoms with E-state index in [0.29, 0.717) is 6.42 Å². The Hall–Kier alpha value is -0.610. The lowest BCUT2D eigenvalue weighted by Gasteiger charge is -2.16. The topological polar surface area (TPSA) is 12.0 Å².